The number of halogens is 3. The molecule has 0 aromatic heterocycles. The number of carbonyl (C=O) groups is 1. The summed E-state index contributed by atoms with van der Waals surface area (Å²) in [5, 5.41) is 9.37. The van der Waals surface area contributed by atoms with Gasteiger partial charge in [0.05, 0.1) is 12.6 Å². The Morgan fingerprint density at radius 2 is 1.55 bits per heavy atom. The summed E-state index contributed by atoms with van der Waals surface area (Å²) in [6.07, 6.45) is 0. The molecule has 0 amide bonds. The van der Waals surface area contributed by atoms with Crippen molar-refractivity contribution in [2.45, 2.75) is 6.04 Å². The van der Waals surface area contributed by atoms with Crippen molar-refractivity contribution < 1.29 is 39.5 Å². The molecule has 5 nitrogen and oxygen atoms in total. The van der Waals surface area contributed by atoms with Gasteiger partial charge >= 0.3 is 5.97 Å². The van der Waals surface area contributed by atoms with Gasteiger partial charge in [-0.05, 0) is 23.3 Å². The topological polar surface area (TPSA) is 53.0 Å². The van der Waals surface area contributed by atoms with Crippen molar-refractivity contribution in [1.82, 2.24) is 9.80 Å². The number of carboxylic acids is 1. The molecule has 0 spiro atoms. The zero-order valence-electron chi connectivity index (χ0n) is 16.0. The van der Waals surface area contributed by atoms with Crippen molar-refractivity contribution in [3.05, 3.63) is 70.7 Å². The predicted octanol–water partition coefficient (Wildman–Crippen LogP) is -2.84. The van der Waals surface area contributed by atoms with Gasteiger partial charge in [-0.2, -0.15) is 0 Å². The van der Waals surface area contributed by atoms with E-state index in [4.69, 9.17) is 21.4 Å². The van der Waals surface area contributed by atoms with Crippen LogP contribution in [0.25, 0.3) is 0 Å². The number of piperazine rings is 1. The van der Waals surface area contributed by atoms with E-state index in [9.17, 15) is 4.79 Å². The summed E-state index contributed by atoms with van der Waals surface area (Å²) in [5.41, 5.74) is 2.52. The van der Waals surface area contributed by atoms with E-state index in [1.807, 2.05) is 18.2 Å². The molecule has 29 heavy (non-hydrogen) atoms. The zero-order chi connectivity index (χ0) is 19.1. The van der Waals surface area contributed by atoms with E-state index in [0.717, 1.165) is 37.7 Å². The second-order valence-electron chi connectivity index (χ2n) is 6.69. The number of benzene rings is 2. The summed E-state index contributed by atoms with van der Waals surface area (Å²) in [4.78, 5) is 15.3. The third kappa shape index (κ3) is 7.78. The lowest BCUT2D eigenvalue weighted by Crippen LogP contribution is -3.00. The number of hydrogen-bond acceptors (Lipinski definition) is 4. The predicted molar refractivity (Wildman–Crippen MR) is 106 cm³/mol. The maximum Gasteiger partial charge on any atom is 0.329 e. The average molecular weight is 460 g/mol. The Bertz CT molecular complexity index is 724. The lowest BCUT2D eigenvalue weighted by molar-refractivity contribution is -0.142. The zero-order valence-corrected chi connectivity index (χ0v) is 18.3. The number of rotatable bonds is 8. The van der Waals surface area contributed by atoms with Crippen LogP contribution in [-0.2, 0) is 9.53 Å². The highest BCUT2D eigenvalue weighted by molar-refractivity contribution is 6.30. The lowest BCUT2D eigenvalue weighted by atomic mass is 9.96. The minimum absolute atomic E-state index is 0. The summed E-state index contributed by atoms with van der Waals surface area (Å²) in [6.45, 7) is 4.75. The first kappa shape index (κ1) is 25.7. The highest BCUT2D eigenvalue weighted by Crippen LogP contribution is 2.30. The second-order valence-corrected chi connectivity index (χ2v) is 7.13. The van der Waals surface area contributed by atoms with E-state index in [0.29, 0.717) is 6.61 Å². The molecule has 8 heteroatoms. The summed E-state index contributed by atoms with van der Waals surface area (Å²) in [6, 6.07) is 18.8. The van der Waals surface area contributed by atoms with E-state index >= 15 is 0 Å². The van der Waals surface area contributed by atoms with Gasteiger partial charge in [0.2, 0.25) is 0 Å². The number of hydrogen-bond donors (Lipinski definition) is 1. The Labute approximate surface area is 189 Å². The lowest BCUT2D eigenvalue weighted by Gasteiger charge is -2.39. The Hall–Kier alpha value is -1.34. The fourth-order valence-electron chi connectivity index (χ4n) is 3.49. The fourth-order valence-corrected chi connectivity index (χ4v) is 3.62. The highest BCUT2D eigenvalue weighted by atomic mass is 35.5. The number of nitrogens with zero attached hydrogens (tertiary/aromatic N) is 2. The van der Waals surface area contributed by atoms with E-state index in [-0.39, 0.29) is 37.5 Å². The molecule has 1 fully saturated rings. The van der Waals surface area contributed by atoms with Crippen LogP contribution in [0, 0.1) is 0 Å². The van der Waals surface area contributed by atoms with Crippen molar-refractivity contribution in [3.63, 3.8) is 0 Å². The normalized spacial score (nSPS) is 15.8. The van der Waals surface area contributed by atoms with Crippen LogP contribution in [0.3, 0.4) is 0 Å². The number of carboxylic acid groups (broad SMARTS) is 1. The summed E-state index contributed by atoms with van der Waals surface area (Å²) < 4.78 is 5.15. The van der Waals surface area contributed by atoms with Gasteiger partial charge in [-0.15, -0.1) is 0 Å². The highest BCUT2D eigenvalue weighted by Gasteiger charge is 2.26. The first-order valence-electron chi connectivity index (χ1n) is 9.20. The molecule has 0 saturated carbocycles. The smallest absolute Gasteiger partial charge is 0.329 e. The number of ether oxygens (including phenoxy) is 1. The Morgan fingerprint density at radius 1 is 0.966 bits per heavy atom. The van der Waals surface area contributed by atoms with Gasteiger partial charge in [0.25, 0.3) is 0 Å². The second kappa shape index (κ2) is 13.1. The van der Waals surface area contributed by atoms with E-state index in [1.165, 1.54) is 11.1 Å². The van der Waals surface area contributed by atoms with Crippen molar-refractivity contribution in [2.75, 3.05) is 45.9 Å². The van der Waals surface area contributed by atoms with Crippen LogP contribution < -0.4 is 24.8 Å². The summed E-state index contributed by atoms with van der Waals surface area (Å²) in [7, 11) is 0. The maximum absolute atomic E-state index is 10.5. The molecule has 0 unspecified atom stereocenters. The third-order valence-electron chi connectivity index (χ3n) is 4.85. The van der Waals surface area contributed by atoms with Crippen LogP contribution in [-0.4, -0.2) is 66.8 Å². The molecule has 160 valence electrons. The third-order valence-corrected chi connectivity index (χ3v) is 5.10. The SMILES string of the molecule is O=C(O)COCCN1CCN([C@H](c2ccccc2)c2ccc(Cl)cc2)CC1.[Cl-].[Cl-]. The van der Waals surface area contributed by atoms with Crippen LogP contribution in [0.5, 0.6) is 0 Å². The first-order valence-corrected chi connectivity index (χ1v) is 9.57. The molecule has 0 aliphatic carbocycles. The molecule has 0 radical (unpaired) electrons. The fraction of sp³-hybridized carbons (Fsp3) is 0.381. The van der Waals surface area contributed by atoms with Gasteiger partial charge in [-0.3, -0.25) is 9.80 Å². The molecule has 1 N–H and O–H groups in total. The van der Waals surface area contributed by atoms with Gasteiger partial charge in [0, 0.05) is 37.7 Å². The maximum atomic E-state index is 10.5. The quantitative estimate of drug-likeness (QED) is 0.431. The minimum Gasteiger partial charge on any atom is -1.00 e. The Balaban J connectivity index is 0.00000210. The molecule has 1 heterocycles. The average Bonchev–Trinajstić information content (AvgIpc) is 2.69. The van der Waals surface area contributed by atoms with Crippen molar-refractivity contribution in [1.29, 1.82) is 0 Å². The van der Waals surface area contributed by atoms with Gasteiger partial charge in [0.1, 0.15) is 6.61 Å². The van der Waals surface area contributed by atoms with Gasteiger partial charge in [-0.1, -0.05) is 54.1 Å². The molecular formula is C21H25Cl3N2O3-2. The largest absolute Gasteiger partial charge is 1.00 e. The van der Waals surface area contributed by atoms with Crippen molar-refractivity contribution >= 4 is 17.6 Å². The molecule has 1 aliphatic rings. The molecule has 3 rings (SSSR count). The van der Waals surface area contributed by atoms with Crippen LogP contribution in [0.15, 0.2) is 54.6 Å². The Morgan fingerprint density at radius 3 is 2.14 bits per heavy atom. The van der Waals surface area contributed by atoms with Crippen molar-refractivity contribution in [3.8, 4) is 0 Å². The van der Waals surface area contributed by atoms with Gasteiger partial charge in [0.15, 0.2) is 0 Å². The molecule has 1 aliphatic heterocycles. The van der Waals surface area contributed by atoms with Crippen LogP contribution >= 0.6 is 11.6 Å². The van der Waals surface area contributed by atoms with Gasteiger partial charge < -0.3 is 34.7 Å². The summed E-state index contributed by atoms with van der Waals surface area (Å²) >= 11 is 6.08. The molecular weight excluding hydrogens is 435 g/mol. The van der Waals surface area contributed by atoms with Gasteiger partial charge in [-0.25, -0.2) is 4.79 Å². The minimum atomic E-state index is -0.923. The summed E-state index contributed by atoms with van der Waals surface area (Å²) in [5.74, 6) is -0.923. The monoisotopic (exact) mass is 458 g/mol. The molecule has 1 saturated heterocycles. The van der Waals surface area contributed by atoms with E-state index in [2.05, 4.69) is 46.2 Å². The molecule has 2 aromatic carbocycles. The van der Waals surface area contributed by atoms with Crippen molar-refractivity contribution in [2.24, 2.45) is 0 Å². The first-order chi connectivity index (χ1) is 13.1. The Kier molecular flexibility index (Phi) is 11.6. The number of aliphatic carboxylic acids is 1. The van der Waals surface area contributed by atoms with Crippen LogP contribution in [0.1, 0.15) is 17.2 Å². The van der Waals surface area contributed by atoms with Crippen LogP contribution in [0.2, 0.25) is 5.02 Å². The van der Waals surface area contributed by atoms with E-state index < -0.39 is 5.97 Å². The molecule has 2 aromatic rings. The van der Waals surface area contributed by atoms with E-state index in [1.54, 1.807) is 0 Å². The van der Waals surface area contributed by atoms with Crippen LogP contribution in [0.4, 0.5) is 0 Å². The standard InChI is InChI=1S/C21H25ClN2O3.2ClH/c22-19-8-6-18(7-9-19)21(17-4-2-1-3-5-17)24-12-10-23(11-13-24)14-15-27-16-20(25)26;;/h1-9,21H,10-16H2,(H,25,26);2*1H/p-2/t21-;;/m1../s1. The molecule has 0 bridgehead atoms. The molecule has 1 atom stereocenters.